The summed E-state index contributed by atoms with van der Waals surface area (Å²) in [4.78, 5) is 61.7. The maximum Gasteiger partial charge on any atom is 0.326 e. The number of nitrogens with one attached hydrogen (secondary N) is 1. The summed E-state index contributed by atoms with van der Waals surface area (Å²) in [5.41, 5.74) is 0.886. The largest absolute Gasteiger partial charge is 0.454 e. The second kappa shape index (κ2) is 9.47. The molecular weight excluding hydrogens is 388 g/mol. The molecule has 1 aliphatic carbocycles. The van der Waals surface area contributed by atoms with E-state index in [2.05, 4.69) is 5.32 Å². The number of hydrogen-bond acceptors (Lipinski definition) is 6. The first kappa shape index (κ1) is 21.4. The minimum atomic E-state index is -0.846. The van der Waals surface area contributed by atoms with Gasteiger partial charge in [-0.3, -0.25) is 28.9 Å². The normalized spacial score (nSPS) is 21.2. The van der Waals surface area contributed by atoms with Gasteiger partial charge in [0, 0.05) is 0 Å². The minimum Gasteiger partial charge on any atom is -0.454 e. The van der Waals surface area contributed by atoms with Crippen molar-refractivity contribution in [2.45, 2.75) is 32.2 Å². The molecule has 0 saturated carbocycles. The first-order valence-corrected chi connectivity index (χ1v) is 9.86. The third-order valence-electron chi connectivity index (χ3n) is 5.36. The topological polar surface area (TPSA) is 110 Å². The van der Waals surface area contributed by atoms with Crippen LogP contribution in [-0.4, -0.2) is 53.6 Å². The van der Waals surface area contributed by atoms with Gasteiger partial charge >= 0.3 is 5.97 Å². The number of likely N-dealkylation sites (tertiary alicyclic amines) is 1. The lowest BCUT2D eigenvalue weighted by Crippen LogP contribution is -2.44. The average Bonchev–Trinajstić information content (AvgIpc) is 2.97. The van der Waals surface area contributed by atoms with E-state index in [-0.39, 0.29) is 17.6 Å². The molecule has 3 rings (SSSR count). The van der Waals surface area contributed by atoms with Crippen molar-refractivity contribution in [1.29, 1.82) is 0 Å². The van der Waals surface area contributed by atoms with E-state index < -0.39 is 42.9 Å². The van der Waals surface area contributed by atoms with Gasteiger partial charge in [0.05, 0.1) is 17.9 Å². The Kier molecular flexibility index (Phi) is 6.76. The lowest BCUT2D eigenvalue weighted by molar-refractivity contribution is -0.155. The fourth-order valence-corrected chi connectivity index (χ4v) is 3.73. The van der Waals surface area contributed by atoms with Crippen molar-refractivity contribution in [2.24, 2.45) is 11.8 Å². The van der Waals surface area contributed by atoms with Gasteiger partial charge in [-0.2, -0.15) is 0 Å². The van der Waals surface area contributed by atoms with Crippen molar-refractivity contribution in [3.05, 3.63) is 48.0 Å². The highest BCUT2D eigenvalue weighted by atomic mass is 16.5. The molecule has 1 heterocycles. The zero-order valence-electron chi connectivity index (χ0n) is 16.7. The van der Waals surface area contributed by atoms with E-state index >= 15 is 0 Å². The van der Waals surface area contributed by atoms with E-state index in [9.17, 15) is 24.0 Å². The van der Waals surface area contributed by atoms with Crippen LogP contribution in [0.2, 0.25) is 0 Å². The van der Waals surface area contributed by atoms with Gasteiger partial charge in [0.15, 0.2) is 12.4 Å². The van der Waals surface area contributed by atoms with Crippen LogP contribution < -0.4 is 5.32 Å². The maximum atomic E-state index is 12.4. The second-order valence-corrected chi connectivity index (χ2v) is 7.50. The summed E-state index contributed by atoms with van der Waals surface area (Å²) in [5.74, 6) is -3.30. The highest BCUT2D eigenvalue weighted by Gasteiger charge is 2.47. The number of imide groups is 1. The van der Waals surface area contributed by atoms with Crippen LogP contribution >= 0.6 is 0 Å². The Hall–Kier alpha value is -3.29. The van der Waals surface area contributed by atoms with Crippen LogP contribution in [-0.2, 0) is 35.1 Å². The van der Waals surface area contributed by atoms with Crippen molar-refractivity contribution in [1.82, 2.24) is 10.2 Å². The molecule has 1 N–H and O–H groups in total. The van der Waals surface area contributed by atoms with Gasteiger partial charge in [-0.05, 0) is 31.7 Å². The van der Waals surface area contributed by atoms with Gasteiger partial charge in [-0.15, -0.1) is 0 Å². The van der Waals surface area contributed by atoms with Gasteiger partial charge in [0.25, 0.3) is 5.91 Å². The van der Waals surface area contributed by atoms with Gasteiger partial charge in [-0.1, -0.05) is 42.5 Å². The summed E-state index contributed by atoms with van der Waals surface area (Å²) in [6, 6.07) is 8.48. The number of carbonyl (C=O) groups excluding carboxylic acids is 5. The summed E-state index contributed by atoms with van der Waals surface area (Å²) in [7, 11) is 0. The zero-order chi connectivity index (χ0) is 21.7. The molecule has 1 aromatic rings. The zero-order valence-corrected chi connectivity index (χ0v) is 16.7. The summed E-state index contributed by atoms with van der Waals surface area (Å²) < 4.78 is 4.92. The Morgan fingerprint density at radius 1 is 1.07 bits per heavy atom. The number of hydrogen-bond donors (Lipinski definition) is 1. The standard InChI is InChI=1S/C22H24N2O6/c1-14(25)18(11-15-7-3-2-4-8-15)23-19(26)13-30-20(27)12-24-21(28)16-9-5-6-10-17(16)22(24)29/h2-8,16-18H,9-13H2,1H3,(H,23,26)/t16-,17-,18+/m0/s1. The fraction of sp³-hybridized carbons (Fsp3) is 0.409. The van der Waals surface area contributed by atoms with Crippen LogP contribution in [0.15, 0.2) is 42.5 Å². The molecule has 1 aliphatic heterocycles. The number of Topliss-reactive ketones (excluding diaryl/α,β-unsaturated/α-hetero) is 1. The molecule has 8 heteroatoms. The van der Waals surface area contributed by atoms with E-state index in [0.717, 1.165) is 10.5 Å². The summed E-state index contributed by atoms with van der Waals surface area (Å²) in [5, 5.41) is 2.55. The summed E-state index contributed by atoms with van der Waals surface area (Å²) in [6.45, 7) is 0.263. The summed E-state index contributed by atoms with van der Waals surface area (Å²) >= 11 is 0. The molecule has 1 saturated heterocycles. The van der Waals surface area contributed by atoms with Crippen molar-refractivity contribution >= 4 is 29.5 Å². The number of benzene rings is 1. The smallest absolute Gasteiger partial charge is 0.326 e. The number of carbonyl (C=O) groups is 5. The third-order valence-corrected chi connectivity index (χ3v) is 5.36. The average molecular weight is 412 g/mol. The van der Waals surface area contributed by atoms with Gasteiger partial charge in [-0.25, -0.2) is 0 Å². The number of rotatable bonds is 8. The number of esters is 1. The molecule has 0 spiro atoms. The molecule has 3 amide bonds. The van der Waals surface area contributed by atoms with Crippen LogP contribution in [0.4, 0.5) is 0 Å². The predicted molar refractivity (Wildman–Crippen MR) is 106 cm³/mol. The molecule has 1 aromatic carbocycles. The first-order chi connectivity index (χ1) is 14.4. The Bertz CT molecular complexity index is 853. The lowest BCUT2D eigenvalue weighted by atomic mass is 9.85. The molecule has 0 radical (unpaired) electrons. The number of fused-ring (bicyclic) bond motifs is 1. The van der Waals surface area contributed by atoms with Crippen LogP contribution in [0.25, 0.3) is 0 Å². The van der Waals surface area contributed by atoms with Gasteiger partial charge in [0.1, 0.15) is 6.54 Å². The molecule has 0 aromatic heterocycles. The number of allylic oxidation sites excluding steroid dienone is 2. The lowest BCUT2D eigenvalue weighted by Gasteiger charge is -2.17. The minimum absolute atomic E-state index is 0.219. The maximum absolute atomic E-state index is 12.4. The SMILES string of the molecule is CC(=O)[C@@H](Cc1ccccc1)NC(=O)COC(=O)CN1C(=O)[C@H]2CC=CC[C@@H]2C1=O. The highest BCUT2D eigenvalue weighted by Crippen LogP contribution is 2.34. The fourth-order valence-electron chi connectivity index (χ4n) is 3.73. The van der Waals surface area contributed by atoms with E-state index in [1.807, 2.05) is 42.5 Å². The number of ether oxygens (including phenoxy) is 1. The van der Waals surface area contributed by atoms with Crippen LogP contribution in [0.5, 0.6) is 0 Å². The molecule has 2 aliphatic rings. The Morgan fingerprint density at radius 2 is 1.67 bits per heavy atom. The van der Waals surface area contributed by atoms with Gasteiger partial charge in [0.2, 0.25) is 11.8 Å². The molecule has 1 fully saturated rings. The van der Waals surface area contributed by atoms with Crippen molar-refractivity contribution < 1.29 is 28.7 Å². The molecule has 158 valence electrons. The van der Waals surface area contributed by atoms with Crippen molar-refractivity contribution in [3.63, 3.8) is 0 Å². The third kappa shape index (κ3) is 5.00. The van der Waals surface area contributed by atoms with Crippen LogP contribution in [0.3, 0.4) is 0 Å². The molecule has 8 nitrogen and oxygen atoms in total. The van der Waals surface area contributed by atoms with Crippen LogP contribution in [0.1, 0.15) is 25.3 Å². The molecular formula is C22H24N2O6. The van der Waals surface area contributed by atoms with E-state index in [0.29, 0.717) is 19.3 Å². The number of amides is 3. The summed E-state index contributed by atoms with van der Waals surface area (Å²) in [6.07, 6.45) is 5.01. The number of nitrogens with zero attached hydrogens (tertiary/aromatic N) is 1. The molecule has 0 unspecified atom stereocenters. The Labute approximate surface area is 174 Å². The monoisotopic (exact) mass is 412 g/mol. The van der Waals surface area contributed by atoms with E-state index in [1.54, 1.807) is 0 Å². The Balaban J connectivity index is 1.48. The van der Waals surface area contributed by atoms with E-state index in [4.69, 9.17) is 4.74 Å². The molecule has 3 atom stereocenters. The first-order valence-electron chi connectivity index (χ1n) is 9.86. The molecule has 30 heavy (non-hydrogen) atoms. The van der Waals surface area contributed by atoms with Gasteiger partial charge < -0.3 is 10.1 Å². The number of ketones is 1. The quantitative estimate of drug-likeness (QED) is 0.384. The van der Waals surface area contributed by atoms with Crippen LogP contribution in [0, 0.1) is 11.8 Å². The van der Waals surface area contributed by atoms with E-state index in [1.165, 1.54) is 6.92 Å². The van der Waals surface area contributed by atoms with Crippen molar-refractivity contribution in [3.8, 4) is 0 Å². The highest BCUT2D eigenvalue weighted by molar-refractivity contribution is 6.07. The molecule has 0 bridgehead atoms. The Morgan fingerprint density at radius 3 is 2.23 bits per heavy atom. The second-order valence-electron chi connectivity index (χ2n) is 7.50. The predicted octanol–water partition coefficient (Wildman–Crippen LogP) is 0.797. The van der Waals surface area contributed by atoms with Crippen molar-refractivity contribution in [2.75, 3.05) is 13.2 Å².